The average molecular weight is 166 g/mol. The number of hydrazine groups is 1. The van der Waals surface area contributed by atoms with Crippen LogP contribution in [0.15, 0.2) is 30.3 Å². The lowest BCUT2D eigenvalue weighted by molar-refractivity contribution is 0.737. The largest absolute Gasteiger partial charge is 0.324 e. The molecule has 0 fully saturated rings. The van der Waals surface area contributed by atoms with Crippen molar-refractivity contribution in [2.75, 3.05) is 5.43 Å². The molecule has 0 saturated carbocycles. The maximum Gasteiger partial charge on any atom is 0.0485 e. The summed E-state index contributed by atoms with van der Waals surface area (Å²) >= 11 is 0. The molecular weight excluding hydrogens is 148 g/mol. The van der Waals surface area contributed by atoms with Crippen molar-refractivity contribution in [1.29, 1.82) is 0 Å². The molecule has 12 heavy (non-hydrogen) atoms. The number of rotatable bonds is 1. The molecule has 0 heterocycles. The summed E-state index contributed by atoms with van der Waals surface area (Å²) in [6, 6.07) is 9.60. The van der Waals surface area contributed by atoms with Gasteiger partial charge < -0.3 is 5.43 Å². The standard InChI is InChI=1S/C6H8N2.C4H10/c7-8-6-4-2-1-3-5-6;1-4(2)3/h1-5,8H,7H2;4H,1-3H3. The van der Waals surface area contributed by atoms with Crippen LogP contribution in [-0.4, -0.2) is 0 Å². The fourth-order valence-corrected chi connectivity index (χ4v) is 0.534. The zero-order valence-corrected chi connectivity index (χ0v) is 8.04. The number of hydrogen-bond donors (Lipinski definition) is 2. The van der Waals surface area contributed by atoms with Crippen molar-refractivity contribution in [2.45, 2.75) is 20.8 Å². The number of anilines is 1. The summed E-state index contributed by atoms with van der Waals surface area (Å²) in [4.78, 5) is 0. The van der Waals surface area contributed by atoms with Crippen LogP contribution >= 0.6 is 0 Å². The van der Waals surface area contributed by atoms with Gasteiger partial charge in [-0.15, -0.1) is 0 Å². The fraction of sp³-hybridized carbons (Fsp3) is 0.400. The third-order valence-electron chi connectivity index (χ3n) is 0.940. The van der Waals surface area contributed by atoms with Crippen molar-refractivity contribution >= 4 is 5.69 Å². The van der Waals surface area contributed by atoms with E-state index in [1.807, 2.05) is 30.3 Å². The van der Waals surface area contributed by atoms with Crippen molar-refractivity contribution in [2.24, 2.45) is 11.8 Å². The Morgan fingerprint density at radius 2 is 1.50 bits per heavy atom. The lowest BCUT2D eigenvalue weighted by atomic mass is 10.3. The molecule has 1 rings (SSSR count). The van der Waals surface area contributed by atoms with Gasteiger partial charge in [0.15, 0.2) is 0 Å². The molecule has 0 aliphatic rings. The summed E-state index contributed by atoms with van der Waals surface area (Å²) in [7, 11) is 0. The molecule has 2 heteroatoms. The number of nitrogen functional groups attached to an aromatic ring is 1. The first-order valence-corrected chi connectivity index (χ1v) is 4.18. The molecular formula is C10H18N2. The molecule has 2 nitrogen and oxygen atoms in total. The first-order valence-electron chi connectivity index (χ1n) is 4.18. The van der Waals surface area contributed by atoms with E-state index in [1.54, 1.807) is 0 Å². The van der Waals surface area contributed by atoms with Crippen LogP contribution in [0.2, 0.25) is 0 Å². The molecule has 3 N–H and O–H groups in total. The lowest BCUT2D eigenvalue weighted by Gasteiger charge is -1.94. The molecule has 0 atom stereocenters. The van der Waals surface area contributed by atoms with Gasteiger partial charge in [0.05, 0.1) is 0 Å². The summed E-state index contributed by atoms with van der Waals surface area (Å²) in [5.41, 5.74) is 3.46. The van der Waals surface area contributed by atoms with Gasteiger partial charge >= 0.3 is 0 Å². The van der Waals surface area contributed by atoms with E-state index in [9.17, 15) is 0 Å². The molecule has 0 aromatic heterocycles. The van der Waals surface area contributed by atoms with E-state index >= 15 is 0 Å². The van der Waals surface area contributed by atoms with E-state index in [0.717, 1.165) is 11.6 Å². The Labute approximate surface area is 74.8 Å². The maximum absolute atomic E-state index is 5.10. The Hall–Kier alpha value is -1.02. The summed E-state index contributed by atoms with van der Waals surface area (Å²) in [6.45, 7) is 6.50. The minimum Gasteiger partial charge on any atom is -0.324 e. The van der Waals surface area contributed by atoms with Crippen molar-refractivity contribution < 1.29 is 0 Å². The van der Waals surface area contributed by atoms with Gasteiger partial charge in [0.2, 0.25) is 0 Å². The molecule has 0 spiro atoms. The van der Waals surface area contributed by atoms with Gasteiger partial charge in [-0.1, -0.05) is 39.0 Å². The Morgan fingerprint density at radius 1 is 1.08 bits per heavy atom. The summed E-state index contributed by atoms with van der Waals surface area (Å²) in [6.07, 6.45) is 0. The van der Waals surface area contributed by atoms with Crippen LogP contribution in [0, 0.1) is 5.92 Å². The Morgan fingerprint density at radius 3 is 1.75 bits per heavy atom. The van der Waals surface area contributed by atoms with Gasteiger partial charge in [0.25, 0.3) is 0 Å². The topological polar surface area (TPSA) is 38.0 Å². The number of nitrogens with one attached hydrogen (secondary N) is 1. The second-order valence-electron chi connectivity index (χ2n) is 3.24. The summed E-state index contributed by atoms with van der Waals surface area (Å²) in [5.74, 6) is 5.93. The van der Waals surface area contributed by atoms with Crippen LogP contribution in [0.5, 0.6) is 0 Å². The zero-order chi connectivity index (χ0) is 9.40. The second kappa shape index (κ2) is 6.68. The van der Waals surface area contributed by atoms with E-state index < -0.39 is 0 Å². The Kier molecular flexibility index (Phi) is 6.11. The molecule has 0 radical (unpaired) electrons. The number of para-hydroxylation sites is 1. The summed E-state index contributed by atoms with van der Waals surface area (Å²) < 4.78 is 0. The van der Waals surface area contributed by atoms with Crippen LogP contribution in [-0.2, 0) is 0 Å². The van der Waals surface area contributed by atoms with Gasteiger partial charge in [0.1, 0.15) is 0 Å². The van der Waals surface area contributed by atoms with Crippen LogP contribution in [0.4, 0.5) is 5.69 Å². The molecule has 0 aliphatic carbocycles. The molecule has 1 aromatic rings. The van der Waals surface area contributed by atoms with Crippen molar-refractivity contribution in [3.05, 3.63) is 30.3 Å². The maximum atomic E-state index is 5.10. The van der Waals surface area contributed by atoms with Crippen LogP contribution in [0.3, 0.4) is 0 Å². The first-order chi connectivity index (χ1) is 5.66. The Bertz CT molecular complexity index is 180. The minimum atomic E-state index is 0.833. The first kappa shape index (κ1) is 11.0. The SMILES string of the molecule is CC(C)C.NNc1ccccc1. The third-order valence-corrected chi connectivity index (χ3v) is 0.940. The number of nitrogens with two attached hydrogens (primary N) is 1. The van der Waals surface area contributed by atoms with E-state index in [1.165, 1.54) is 0 Å². The van der Waals surface area contributed by atoms with Crippen LogP contribution < -0.4 is 11.3 Å². The quantitative estimate of drug-likeness (QED) is 0.497. The van der Waals surface area contributed by atoms with Crippen molar-refractivity contribution in [3.63, 3.8) is 0 Å². The second-order valence-corrected chi connectivity index (χ2v) is 3.24. The predicted molar refractivity (Wildman–Crippen MR) is 54.8 cm³/mol. The highest BCUT2D eigenvalue weighted by Crippen LogP contribution is 2.00. The molecule has 0 amide bonds. The molecule has 0 aliphatic heterocycles. The van der Waals surface area contributed by atoms with Gasteiger partial charge in [-0.25, -0.2) is 0 Å². The van der Waals surface area contributed by atoms with E-state index in [0.29, 0.717) is 0 Å². The van der Waals surface area contributed by atoms with Crippen molar-refractivity contribution in [3.8, 4) is 0 Å². The van der Waals surface area contributed by atoms with Gasteiger partial charge in [-0.3, -0.25) is 5.84 Å². The predicted octanol–water partition coefficient (Wildman–Crippen LogP) is 2.63. The lowest BCUT2D eigenvalue weighted by Crippen LogP contribution is -2.05. The molecule has 0 unspecified atom stereocenters. The number of hydrogen-bond acceptors (Lipinski definition) is 2. The minimum absolute atomic E-state index is 0.833. The van der Waals surface area contributed by atoms with Crippen LogP contribution in [0.25, 0.3) is 0 Å². The zero-order valence-electron chi connectivity index (χ0n) is 8.04. The van der Waals surface area contributed by atoms with E-state index in [2.05, 4.69) is 26.2 Å². The molecule has 0 saturated heterocycles. The highest BCUT2D eigenvalue weighted by molar-refractivity contribution is 5.40. The third kappa shape index (κ3) is 7.09. The summed E-state index contributed by atoms with van der Waals surface area (Å²) in [5, 5.41) is 0. The van der Waals surface area contributed by atoms with Gasteiger partial charge in [-0.2, -0.15) is 0 Å². The normalized spacial score (nSPS) is 8.75. The van der Waals surface area contributed by atoms with Crippen molar-refractivity contribution in [1.82, 2.24) is 0 Å². The van der Waals surface area contributed by atoms with Gasteiger partial charge in [0, 0.05) is 5.69 Å². The van der Waals surface area contributed by atoms with Gasteiger partial charge in [-0.05, 0) is 18.1 Å². The number of benzene rings is 1. The van der Waals surface area contributed by atoms with Crippen LogP contribution in [0.1, 0.15) is 20.8 Å². The molecule has 0 bridgehead atoms. The molecule has 68 valence electrons. The fourth-order valence-electron chi connectivity index (χ4n) is 0.534. The Balaban J connectivity index is 0.000000261. The monoisotopic (exact) mass is 166 g/mol. The molecule has 1 aromatic carbocycles. The highest BCUT2D eigenvalue weighted by atomic mass is 15.2. The average Bonchev–Trinajstić information content (AvgIpc) is 2.05. The van der Waals surface area contributed by atoms with E-state index in [4.69, 9.17) is 5.84 Å². The van der Waals surface area contributed by atoms with E-state index in [-0.39, 0.29) is 0 Å². The smallest absolute Gasteiger partial charge is 0.0485 e. The highest BCUT2D eigenvalue weighted by Gasteiger charge is 1.78.